The third-order valence-corrected chi connectivity index (χ3v) is 6.08. The zero-order valence-corrected chi connectivity index (χ0v) is 24.7. The van der Waals surface area contributed by atoms with Crippen molar-refractivity contribution in [2.45, 2.75) is 25.4 Å². The van der Waals surface area contributed by atoms with Crippen LogP contribution in [0.2, 0.25) is 0 Å². The van der Waals surface area contributed by atoms with Gasteiger partial charge in [-0.1, -0.05) is 24.3 Å². The van der Waals surface area contributed by atoms with Gasteiger partial charge in [-0.25, -0.2) is 0 Å². The lowest BCUT2D eigenvalue weighted by Gasteiger charge is -2.04. The molecule has 0 aliphatic carbocycles. The molecule has 2 rings (SSSR count). The molecule has 2 aromatic rings. The van der Waals surface area contributed by atoms with Gasteiger partial charge >= 0.3 is 10.4 Å². The van der Waals surface area contributed by atoms with E-state index in [0.717, 1.165) is 34.5 Å². The van der Waals surface area contributed by atoms with E-state index in [9.17, 15) is 0 Å². The van der Waals surface area contributed by atoms with Crippen molar-refractivity contribution in [2.24, 2.45) is 32.9 Å². The van der Waals surface area contributed by atoms with Gasteiger partial charge in [-0.3, -0.25) is 19.1 Å². The fraction of sp³-hybridized carbons (Fsp3) is 0.417. The first-order valence-corrected chi connectivity index (χ1v) is 15.5. The summed E-state index contributed by atoms with van der Waals surface area (Å²) in [5.41, 5.74) is 23.5. The number of rotatable bonds is 14. The molecule has 39 heavy (non-hydrogen) atoms. The van der Waals surface area contributed by atoms with E-state index in [1.165, 1.54) is 11.1 Å². The molecule has 2 aromatic carbocycles. The Balaban J connectivity index is 0.000000632. The zero-order chi connectivity index (χ0) is 29.5. The Bertz CT molecular complexity index is 981. The number of nitrogens with zero attached hydrogens (tertiary/aromatic N) is 2. The molecule has 0 bridgehead atoms. The molecule has 0 saturated carbocycles. The Morgan fingerprint density at radius 1 is 0.718 bits per heavy atom. The Morgan fingerprint density at radius 3 is 1.28 bits per heavy atom. The second kappa shape index (κ2) is 22.0. The lowest BCUT2D eigenvalue weighted by molar-refractivity contribution is 0.340. The van der Waals surface area contributed by atoms with Crippen LogP contribution in [0.4, 0.5) is 0 Å². The average molecular weight is 605 g/mol. The summed E-state index contributed by atoms with van der Waals surface area (Å²) in [5, 5.41) is 0. The van der Waals surface area contributed by atoms with Crippen molar-refractivity contribution in [3.63, 3.8) is 0 Å². The summed E-state index contributed by atoms with van der Waals surface area (Å²) in [4.78, 5) is 7.85. The van der Waals surface area contributed by atoms with Gasteiger partial charge in [0.2, 0.25) is 0 Å². The molecule has 0 spiro atoms. The molecule has 220 valence electrons. The van der Waals surface area contributed by atoms with E-state index in [2.05, 4.69) is 34.3 Å². The first kappa shape index (κ1) is 36.1. The van der Waals surface area contributed by atoms with Crippen molar-refractivity contribution in [2.75, 3.05) is 37.8 Å². The van der Waals surface area contributed by atoms with Crippen LogP contribution >= 0.6 is 23.5 Å². The summed E-state index contributed by atoms with van der Waals surface area (Å²) in [5.74, 6) is 5.93. The first-order chi connectivity index (χ1) is 18.4. The van der Waals surface area contributed by atoms with Crippen molar-refractivity contribution in [3.8, 4) is 11.5 Å². The Kier molecular flexibility index (Phi) is 20.4. The molecule has 0 aliphatic rings. The molecule has 0 heterocycles. The smallest absolute Gasteiger partial charge is 0.394 e. The monoisotopic (exact) mass is 604 g/mol. The number of ether oxygens (including phenoxy) is 2. The van der Waals surface area contributed by atoms with Gasteiger partial charge in [-0.2, -0.15) is 31.9 Å². The van der Waals surface area contributed by atoms with E-state index >= 15 is 0 Å². The summed E-state index contributed by atoms with van der Waals surface area (Å²) in [6.45, 7) is 6.70. The zero-order valence-electron chi connectivity index (χ0n) is 22.2. The van der Waals surface area contributed by atoms with Crippen LogP contribution in [-0.2, 0) is 21.9 Å². The number of hydrogen-bond acceptors (Lipinski definition) is 8. The molecule has 10 N–H and O–H groups in total. The van der Waals surface area contributed by atoms with Crippen LogP contribution < -0.4 is 32.4 Å². The SMILES string of the molecule is CCOc1ccc(CSCCN=C(N)N)cc1.CCOc1ccc(CSCCN=C(N)N)cc1.O=S(=O)(O)O. The minimum Gasteiger partial charge on any atom is -0.494 e. The summed E-state index contributed by atoms with van der Waals surface area (Å²) in [7, 11) is -4.67. The van der Waals surface area contributed by atoms with Gasteiger partial charge in [0.05, 0.1) is 26.3 Å². The average Bonchev–Trinajstić information content (AvgIpc) is 2.85. The quantitative estimate of drug-likeness (QED) is 0.0792. The molecular formula is C24H40N6O6S3. The highest BCUT2D eigenvalue weighted by molar-refractivity contribution is 7.98. The van der Waals surface area contributed by atoms with Gasteiger partial charge < -0.3 is 32.4 Å². The van der Waals surface area contributed by atoms with Crippen molar-refractivity contribution in [3.05, 3.63) is 59.7 Å². The lowest BCUT2D eigenvalue weighted by Crippen LogP contribution is -2.23. The fourth-order valence-electron chi connectivity index (χ4n) is 2.56. The number of hydrogen-bond donors (Lipinski definition) is 6. The van der Waals surface area contributed by atoms with Crippen LogP contribution in [0.5, 0.6) is 11.5 Å². The Hall–Kier alpha value is -2.85. The van der Waals surface area contributed by atoms with Crippen LogP contribution in [0.15, 0.2) is 58.5 Å². The molecule has 0 radical (unpaired) electrons. The predicted octanol–water partition coefficient (Wildman–Crippen LogP) is 2.53. The second-order valence-electron chi connectivity index (χ2n) is 7.32. The van der Waals surface area contributed by atoms with E-state index in [1.54, 1.807) is 0 Å². The Morgan fingerprint density at radius 2 is 1.03 bits per heavy atom. The number of benzene rings is 2. The molecule has 0 aromatic heterocycles. The second-order valence-corrected chi connectivity index (χ2v) is 10.4. The van der Waals surface area contributed by atoms with E-state index < -0.39 is 10.4 Å². The summed E-state index contributed by atoms with van der Waals surface area (Å²) >= 11 is 3.62. The molecule has 15 heteroatoms. The third kappa shape index (κ3) is 25.2. The third-order valence-electron chi connectivity index (χ3n) is 4.07. The van der Waals surface area contributed by atoms with E-state index in [1.807, 2.05) is 61.6 Å². The fourth-order valence-corrected chi connectivity index (χ4v) is 4.14. The molecule has 0 fully saturated rings. The lowest BCUT2D eigenvalue weighted by atomic mass is 10.2. The highest BCUT2D eigenvalue weighted by Gasteiger charge is 1.97. The summed E-state index contributed by atoms with van der Waals surface area (Å²) in [6, 6.07) is 16.3. The van der Waals surface area contributed by atoms with Gasteiger partial charge in [-0.15, -0.1) is 0 Å². The molecule has 0 amide bonds. The number of aliphatic imine (C=N–C) groups is 2. The molecule has 0 aliphatic heterocycles. The standard InChI is InChI=1S/2C12H19N3OS.H2O4S/c2*1-2-16-11-5-3-10(4-6-11)9-17-8-7-15-12(13)14;1-5(2,3)4/h2*3-6H,2,7-9H2,1H3,(H4,13,14,15);(H2,1,2,3,4). The van der Waals surface area contributed by atoms with Gasteiger partial charge in [0, 0.05) is 23.0 Å². The largest absolute Gasteiger partial charge is 0.494 e. The molecule has 12 nitrogen and oxygen atoms in total. The first-order valence-electron chi connectivity index (χ1n) is 11.8. The topological polar surface area (TPSA) is 222 Å². The van der Waals surface area contributed by atoms with Gasteiger partial charge in [0.15, 0.2) is 11.9 Å². The minimum absolute atomic E-state index is 0.159. The van der Waals surface area contributed by atoms with E-state index in [-0.39, 0.29) is 11.9 Å². The highest BCUT2D eigenvalue weighted by Crippen LogP contribution is 2.17. The normalized spacial score (nSPS) is 10.2. The number of thioether (sulfide) groups is 2. The van der Waals surface area contributed by atoms with Crippen LogP contribution in [0, 0.1) is 0 Å². The van der Waals surface area contributed by atoms with E-state index in [4.69, 9.17) is 49.9 Å². The van der Waals surface area contributed by atoms with Gasteiger partial charge in [-0.05, 0) is 49.2 Å². The Labute approximate surface area is 239 Å². The maximum atomic E-state index is 8.74. The van der Waals surface area contributed by atoms with Crippen LogP contribution in [0.3, 0.4) is 0 Å². The summed E-state index contributed by atoms with van der Waals surface area (Å²) < 4.78 is 42.3. The molecule has 0 unspecified atom stereocenters. The molecule has 0 saturated heterocycles. The maximum absolute atomic E-state index is 8.74. The van der Waals surface area contributed by atoms with Crippen LogP contribution in [-0.4, -0.2) is 67.3 Å². The highest BCUT2D eigenvalue weighted by atomic mass is 32.3. The van der Waals surface area contributed by atoms with Crippen molar-refractivity contribution < 1.29 is 27.0 Å². The van der Waals surface area contributed by atoms with Crippen molar-refractivity contribution in [1.82, 2.24) is 0 Å². The molecular weight excluding hydrogens is 565 g/mol. The van der Waals surface area contributed by atoms with Crippen LogP contribution in [0.1, 0.15) is 25.0 Å². The maximum Gasteiger partial charge on any atom is 0.394 e. The number of guanidine groups is 2. The molecule has 0 atom stereocenters. The summed E-state index contributed by atoms with van der Waals surface area (Å²) in [6.07, 6.45) is 0. The van der Waals surface area contributed by atoms with Crippen LogP contribution in [0.25, 0.3) is 0 Å². The van der Waals surface area contributed by atoms with Gasteiger partial charge in [0.1, 0.15) is 11.5 Å². The predicted molar refractivity (Wildman–Crippen MR) is 163 cm³/mol. The minimum atomic E-state index is -4.67. The van der Waals surface area contributed by atoms with Gasteiger partial charge in [0.25, 0.3) is 0 Å². The van der Waals surface area contributed by atoms with Crippen molar-refractivity contribution >= 4 is 45.8 Å². The van der Waals surface area contributed by atoms with E-state index in [0.29, 0.717) is 26.3 Å². The number of nitrogens with two attached hydrogens (primary N) is 4. The van der Waals surface area contributed by atoms with Crippen molar-refractivity contribution in [1.29, 1.82) is 0 Å².